The summed E-state index contributed by atoms with van der Waals surface area (Å²) in [6.07, 6.45) is 2.90. The first-order valence-corrected chi connectivity index (χ1v) is 8.81. The van der Waals surface area contributed by atoms with Gasteiger partial charge in [-0.1, -0.05) is 6.92 Å². The highest BCUT2D eigenvalue weighted by Crippen LogP contribution is 2.25. The topological polar surface area (TPSA) is 97.4 Å². The molecule has 0 radical (unpaired) electrons. The van der Waals surface area contributed by atoms with Crippen LogP contribution in [0.3, 0.4) is 0 Å². The van der Waals surface area contributed by atoms with Crippen molar-refractivity contribution in [3.8, 4) is 0 Å². The number of nitrogens with two attached hydrogens (primary N) is 1. The van der Waals surface area contributed by atoms with E-state index >= 15 is 0 Å². The van der Waals surface area contributed by atoms with Crippen LogP contribution in [0.4, 0.5) is 0 Å². The molecule has 0 aromatic carbocycles. The molecule has 1 aromatic rings. The van der Waals surface area contributed by atoms with Gasteiger partial charge in [-0.3, -0.25) is 19.3 Å². The standard InChI is InChI=1S/C18H28N4O3/c1-5-21-8-6-7-14(21)9-20-18(25)13(4)22-12(3)16(17(19)24)11(2)15(22)10-23/h10,13-14H,5-9H2,1-4H3,(H2,19,24)(H,20,25). The second-order valence-corrected chi connectivity index (χ2v) is 6.67. The number of amides is 2. The number of nitrogens with zero attached hydrogens (tertiary/aromatic N) is 2. The fourth-order valence-electron chi connectivity index (χ4n) is 3.91. The predicted octanol–water partition coefficient (Wildman–Crippen LogP) is 1.18. The Bertz CT molecular complexity index is 680. The molecule has 1 aliphatic rings. The first-order chi connectivity index (χ1) is 11.8. The van der Waals surface area contributed by atoms with Crippen LogP contribution in [0.1, 0.15) is 64.8 Å². The minimum Gasteiger partial charge on any atom is -0.366 e. The number of hydrogen-bond donors (Lipinski definition) is 2. The average molecular weight is 348 g/mol. The number of hydrogen-bond acceptors (Lipinski definition) is 4. The Labute approximate surface area is 148 Å². The van der Waals surface area contributed by atoms with Gasteiger partial charge in [0.2, 0.25) is 5.91 Å². The molecule has 1 saturated heterocycles. The molecule has 0 spiro atoms. The third kappa shape index (κ3) is 3.61. The molecule has 2 unspecified atom stereocenters. The number of likely N-dealkylation sites (tertiary alicyclic amines) is 1. The van der Waals surface area contributed by atoms with Crippen molar-refractivity contribution in [2.24, 2.45) is 5.73 Å². The quantitative estimate of drug-likeness (QED) is 0.723. The predicted molar refractivity (Wildman–Crippen MR) is 95.8 cm³/mol. The summed E-state index contributed by atoms with van der Waals surface area (Å²) in [4.78, 5) is 38.2. The van der Waals surface area contributed by atoms with Crippen LogP contribution in [0.5, 0.6) is 0 Å². The van der Waals surface area contributed by atoms with Crippen molar-refractivity contribution in [1.29, 1.82) is 0 Å². The minimum atomic E-state index is -0.594. The highest BCUT2D eigenvalue weighted by molar-refractivity contribution is 5.98. The zero-order chi connectivity index (χ0) is 18.7. The summed E-state index contributed by atoms with van der Waals surface area (Å²) in [5, 5.41) is 2.99. The van der Waals surface area contributed by atoms with E-state index in [0.29, 0.717) is 41.4 Å². The largest absolute Gasteiger partial charge is 0.366 e. The van der Waals surface area contributed by atoms with Crippen LogP contribution in [0, 0.1) is 13.8 Å². The summed E-state index contributed by atoms with van der Waals surface area (Å²) in [6, 6.07) is -0.233. The molecule has 138 valence electrons. The Morgan fingerprint density at radius 1 is 1.40 bits per heavy atom. The summed E-state index contributed by atoms with van der Waals surface area (Å²) >= 11 is 0. The summed E-state index contributed by atoms with van der Waals surface area (Å²) in [6.45, 7) is 9.87. The number of carbonyl (C=O) groups excluding carboxylic acids is 3. The first kappa shape index (κ1) is 19.2. The number of likely N-dealkylation sites (N-methyl/N-ethyl adjacent to an activating group) is 1. The summed E-state index contributed by atoms with van der Waals surface area (Å²) in [5.74, 6) is -0.755. The van der Waals surface area contributed by atoms with Gasteiger partial charge in [-0.2, -0.15) is 0 Å². The van der Waals surface area contributed by atoms with Gasteiger partial charge in [0.1, 0.15) is 6.04 Å². The molecule has 1 aromatic heterocycles. The first-order valence-electron chi connectivity index (χ1n) is 8.81. The van der Waals surface area contributed by atoms with Gasteiger partial charge in [-0.15, -0.1) is 0 Å². The van der Waals surface area contributed by atoms with E-state index in [1.807, 2.05) is 0 Å². The van der Waals surface area contributed by atoms with Crippen LogP contribution in [0.15, 0.2) is 0 Å². The molecule has 3 N–H and O–H groups in total. The van der Waals surface area contributed by atoms with Crippen LogP contribution in [0.25, 0.3) is 0 Å². The molecular weight excluding hydrogens is 320 g/mol. The molecule has 2 rings (SSSR count). The number of nitrogens with one attached hydrogen (secondary N) is 1. The third-order valence-electron chi connectivity index (χ3n) is 5.28. The lowest BCUT2D eigenvalue weighted by atomic mass is 10.1. The Balaban J connectivity index is 2.18. The maximum Gasteiger partial charge on any atom is 0.250 e. The number of primary amides is 1. The van der Waals surface area contributed by atoms with Crippen molar-refractivity contribution >= 4 is 18.1 Å². The van der Waals surface area contributed by atoms with Crippen molar-refractivity contribution in [1.82, 2.24) is 14.8 Å². The van der Waals surface area contributed by atoms with E-state index in [0.717, 1.165) is 25.9 Å². The van der Waals surface area contributed by atoms with Gasteiger partial charge in [0.15, 0.2) is 6.29 Å². The molecule has 2 amide bonds. The molecule has 25 heavy (non-hydrogen) atoms. The Morgan fingerprint density at radius 2 is 2.08 bits per heavy atom. The highest BCUT2D eigenvalue weighted by Gasteiger charge is 2.28. The van der Waals surface area contributed by atoms with Gasteiger partial charge in [0.25, 0.3) is 5.91 Å². The maximum atomic E-state index is 12.6. The van der Waals surface area contributed by atoms with Crippen LogP contribution < -0.4 is 11.1 Å². The molecule has 7 heteroatoms. The minimum absolute atomic E-state index is 0.167. The lowest BCUT2D eigenvalue weighted by Crippen LogP contribution is -2.42. The summed E-state index contributed by atoms with van der Waals surface area (Å²) in [5.41, 5.74) is 7.13. The Hall–Kier alpha value is -2.15. The second-order valence-electron chi connectivity index (χ2n) is 6.67. The molecule has 1 fully saturated rings. The maximum absolute atomic E-state index is 12.6. The fourth-order valence-corrected chi connectivity index (χ4v) is 3.91. The zero-order valence-electron chi connectivity index (χ0n) is 15.5. The Kier molecular flexibility index (Phi) is 6.00. The molecule has 1 aliphatic heterocycles. The van der Waals surface area contributed by atoms with Gasteiger partial charge in [0.05, 0.1) is 11.3 Å². The Morgan fingerprint density at radius 3 is 2.64 bits per heavy atom. The molecule has 2 atom stereocenters. The van der Waals surface area contributed by atoms with E-state index in [1.54, 1.807) is 25.3 Å². The number of aldehydes is 1. The molecule has 0 bridgehead atoms. The van der Waals surface area contributed by atoms with E-state index in [4.69, 9.17) is 5.73 Å². The highest BCUT2D eigenvalue weighted by atomic mass is 16.2. The van der Waals surface area contributed by atoms with Crippen LogP contribution >= 0.6 is 0 Å². The number of carbonyl (C=O) groups is 3. The SMILES string of the molecule is CCN1CCCC1CNC(=O)C(C)n1c(C)c(C(N)=O)c(C)c1C=O. The normalized spacial score (nSPS) is 19.0. The molecular formula is C18H28N4O3. The molecule has 2 heterocycles. The lowest BCUT2D eigenvalue weighted by Gasteiger charge is -2.24. The summed E-state index contributed by atoms with van der Waals surface area (Å²) < 4.78 is 1.60. The lowest BCUT2D eigenvalue weighted by molar-refractivity contribution is -0.124. The zero-order valence-corrected chi connectivity index (χ0v) is 15.5. The second kappa shape index (κ2) is 7.82. The van der Waals surface area contributed by atoms with Gasteiger partial charge in [-0.05, 0) is 52.3 Å². The summed E-state index contributed by atoms with van der Waals surface area (Å²) in [7, 11) is 0. The van der Waals surface area contributed by atoms with Crippen molar-refractivity contribution < 1.29 is 14.4 Å². The van der Waals surface area contributed by atoms with Crippen LogP contribution in [-0.4, -0.2) is 53.2 Å². The van der Waals surface area contributed by atoms with Gasteiger partial charge < -0.3 is 15.6 Å². The van der Waals surface area contributed by atoms with E-state index in [-0.39, 0.29) is 5.91 Å². The third-order valence-corrected chi connectivity index (χ3v) is 5.28. The number of aromatic nitrogens is 1. The fraction of sp³-hybridized carbons (Fsp3) is 0.611. The number of rotatable bonds is 7. The molecule has 0 aliphatic carbocycles. The smallest absolute Gasteiger partial charge is 0.250 e. The van der Waals surface area contributed by atoms with Crippen molar-refractivity contribution in [3.05, 3.63) is 22.5 Å². The van der Waals surface area contributed by atoms with Crippen molar-refractivity contribution in [3.63, 3.8) is 0 Å². The molecule has 7 nitrogen and oxygen atoms in total. The van der Waals surface area contributed by atoms with Crippen molar-refractivity contribution in [2.45, 2.75) is 52.6 Å². The monoisotopic (exact) mass is 348 g/mol. The van der Waals surface area contributed by atoms with Crippen molar-refractivity contribution in [2.75, 3.05) is 19.6 Å². The van der Waals surface area contributed by atoms with Crippen LogP contribution in [-0.2, 0) is 4.79 Å². The van der Waals surface area contributed by atoms with Gasteiger partial charge in [0, 0.05) is 18.3 Å². The van der Waals surface area contributed by atoms with Gasteiger partial charge >= 0.3 is 0 Å². The van der Waals surface area contributed by atoms with Crippen LogP contribution in [0.2, 0.25) is 0 Å². The van der Waals surface area contributed by atoms with E-state index in [1.165, 1.54) is 0 Å². The molecule has 0 saturated carbocycles. The van der Waals surface area contributed by atoms with Gasteiger partial charge in [-0.25, -0.2) is 0 Å². The van der Waals surface area contributed by atoms with E-state index in [2.05, 4.69) is 17.1 Å². The van der Waals surface area contributed by atoms with E-state index in [9.17, 15) is 14.4 Å². The van der Waals surface area contributed by atoms with E-state index < -0.39 is 11.9 Å². The average Bonchev–Trinajstić information content (AvgIpc) is 3.12.